The van der Waals surface area contributed by atoms with Crippen LogP contribution in [0, 0.1) is 11.8 Å². The highest BCUT2D eigenvalue weighted by Crippen LogP contribution is 2.37. The van der Waals surface area contributed by atoms with Gasteiger partial charge in [0.25, 0.3) is 0 Å². The Balaban J connectivity index is 2.37. The summed E-state index contributed by atoms with van der Waals surface area (Å²) >= 11 is 0. The van der Waals surface area contributed by atoms with Crippen molar-refractivity contribution in [3.8, 4) is 0 Å². The smallest absolute Gasteiger partial charge is 0.320 e. The number of ether oxygens (including phenoxy) is 2. The zero-order valence-corrected chi connectivity index (χ0v) is 11.3. The van der Waals surface area contributed by atoms with E-state index < -0.39 is 29.9 Å². The Morgan fingerprint density at radius 1 is 1.15 bits per heavy atom. The van der Waals surface area contributed by atoms with Crippen LogP contribution in [0.25, 0.3) is 6.08 Å². The lowest BCUT2D eigenvalue weighted by atomic mass is 9.79. The highest BCUT2D eigenvalue weighted by Gasteiger charge is 2.41. The van der Waals surface area contributed by atoms with Crippen LogP contribution in [-0.2, 0) is 19.1 Å². The summed E-state index contributed by atoms with van der Waals surface area (Å²) in [5.41, 5.74) is 1.54. The maximum Gasteiger partial charge on any atom is 0.320 e. The lowest BCUT2D eigenvalue weighted by Crippen LogP contribution is -2.36. The molecule has 1 N–H and O–H groups in total. The van der Waals surface area contributed by atoms with Crippen molar-refractivity contribution in [3.05, 3.63) is 41.5 Å². The van der Waals surface area contributed by atoms with Crippen molar-refractivity contribution in [2.24, 2.45) is 11.8 Å². The number of fused-ring (bicyclic) bond motifs is 1. The maximum absolute atomic E-state index is 11.8. The second-order valence-electron chi connectivity index (χ2n) is 4.53. The molecule has 1 unspecified atom stereocenters. The van der Waals surface area contributed by atoms with E-state index in [0.717, 1.165) is 5.56 Å². The fourth-order valence-corrected chi connectivity index (χ4v) is 2.42. The van der Waals surface area contributed by atoms with Gasteiger partial charge in [-0.25, -0.2) is 0 Å². The number of carbonyl (C=O) groups is 2. The third-order valence-electron chi connectivity index (χ3n) is 3.47. The van der Waals surface area contributed by atoms with Gasteiger partial charge in [-0.2, -0.15) is 0 Å². The maximum atomic E-state index is 11.8. The quantitative estimate of drug-likeness (QED) is 0.666. The minimum Gasteiger partial charge on any atom is -0.468 e. The fraction of sp³-hybridized carbons (Fsp3) is 0.333. The molecule has 0 saturated carbocycles. The van der Waals surface area contributed by atoms with E-state index in [1.807, 2.05) is 12.1 Å². The molecule has 0 radical (unpaired) electrons. The van der Waals surface area contributed by atoms with E-state index in [-0.39, 0.29) is 0 Å². The van der Waals surface area contributed by atoms with E-state index in [0.29, 0.717) is 5.56 Å². The number of hydrogen-bond acceptors (Lipinski definition) is 5. The highest BCUT2D eigenvalue weighted by molar-refractivity contribution is 5.95. The summed E-state index contributed by atoms with van der Waals surface area (Å²) in [6.45, 7) is 0. The first-order valence-electron chi connectivity index (χ1n) is 6.21. The van der Waals surface area contributed by atoms with Gasteiger partial charge in [-0.15, -0.1) is 0 Å². The number of methoxy groups -OCH3 is 2. The molecule has 0 bridgehead atoms. The molecule has 1 aromatic rings. The van der Waals surface area contributed by atoms with Crippen molar-refractivity contribution in [2.75, 3.05) is 14.2 Å². The van der Waals surface area contributed by atoms with Gasteiger partial charge in [0.1, 0.15) is 0 Å². The average molecular weight is 276 g/mol. The Morgan fingerprint density at radius 2 is 1.75 bits per heavy atom. The second kappa shape index (κ2) is 5.88. The van der Waals surface area contributed by atoms with Crippen LogP contribution in [0.5, 0.6) is 0 Å². The average Bonchev–Trinajstić information content (AvgIpc) is 2.49. The molecule has 0 aromatic heterocycles. The summed E-state index contributed by atoms with van der Waals surface area (Å²) < 4.78 is 9.28. The van der Waals surface area contributed by atoms with Crippen molar-refractivity contribution in [1.29, 1.82) is 0 Å². The summed E-state index contributed by atoms with van der Waals surface area (Å²) in [4.78, 5) is 23.6. The van der Waals surface area contributed by atoms with Crippen LogP contribution < -0.4 is 0 Å². The monoisotopic (exact) mass is 276 g/mol. The van der Waals surface area contributed by atoms with Gasteiger partial charge in [-0.05, 0) is 11.1 Å². The van der Waals surface area contributed by atoms with Crippen molar-refractivity contribution in [1.82, 2.24) is 0 Å². The van der Waals surface area contributed by atoms with Crippen LogP contribution in [-0.4, -0.2) is 31.3 Å². The first-order valence-corrected chi connectivity index (χ1v) is 6.21. The lowest BCUT2D eigenvalue weighted by Gasteiger charge is -2.29. The molecule has 0 spiro atoms. The van der Waals surface area contributed by atoms with Crippen LogP contribution in [0.4, 0.5) is 0 Å². The molecule has 0 saturated heterocycles. The predicted molar refractivity (Wildman–Crippen MR) is 71.4 cm³/mol. The largest absolute Gasteiger partial charge is 0.468 e. The molecular formula is C15H16O5. The van der Waals surface area contributed by atoms with E-state index in [4.69, 9.17) is 0 Å². The number of hydrogen-bond donors (Lipinski definition) is 1. The summed E-state index contributed by atoms with van der Waals surface area (Å²) in [6.07, 6.45) is 2.47. The Labute approximate surface area is 116 Å². The Morgan fingerprint density at radius 3 is 2.35 bits per heavy atom. The van der Waals surface area contributed by atoms with Crippen LogP contribution >= 0.6 is 0 Å². The van der Waals surface area contributed by atoms with Gasteiger partial charge in [0.2, 0.25) is 0 Å². The first-order chi connectivity index (χ1) is 9.60. The number of aliphatic hydroxyl groups is 1. The fourth-order valence-electron chi connectivity index (χ4n) is 2.42. The zero-order chi connectivity index (χ0) is 14.7. The number of carbonyl (C=O) groups excluding carboxylic acids is 2. The van der Waals surface area contributed by atoms with Crippen molar-refractivity contribution in [2.45, 2.75) is 6.10 Å². The van der Waals surface area contributed by atoms with Gasteiger partial charge in [0.15, 0.2) is 5.92 Å². The molecule has 5 heteroatoms. The number of esters is 2. The first kappa shape index (κ1) is 14.3. The van der Waals surface area contributed by atoms with E-state index in [2.05, 4.69) is 9.47 Å². The van der Waals surface area contributed by atoms with Gasteiger partial charge in [-0.1, -0.05) is 36.4 Å². The molecule has 0 amide bonds. The number of benzene rings is 1. The number of aliphatic hydroxyl groups excluding tert-OH is 1. The van der Waals surface area contributed by atoms with Gasteiger partial charge >= 0.3 is 11.9 Å². The van der Waals surface area contributed by atoms with E-state index in [1.165, 1.54) is 14.2 Å². The van der Waals surface area contributed by atoms with Gasteiger partial charge in [0.05, 0.1) is 20.3 Å². The summed E-state index contributed by atoms with van der Waals surface area (Å²) in [7, 11) is 2.40. The third kappa shape index (κ3) is 2.44. The Bertz CT molecular complexity index is 533. The van der Waals surface area contributed by atoms with Crippen molar-refractivity contribution >= 4 is 18.0 Å². The summed E-state index contributed by atoms with van der Waals surface area (Å²) in [5.74, 6) is -3.32. The molecule has 5 nitrogen and oxygen atoms in total. The molecule has 1 aromatic carbocycles. The van der Waals surface area contributed by atoms with Gasteiger partial charge in [0, 0.05) is 5.92 Å². The standard InChI is InChI=1S/C15H16O5/c1-19-14(17)12(15(18)20-2)11-8-7-9-5-3-4-6-10(9)13(11)16/h3-8,11-13,16H,1-2H3/t11?,13-/m1/s1. The molecule has 106 valence electrons. The normalized spacial score (nSPS) is 20.4. The molecule has 0 aliphatic heterocycles. The van der Waals surface area contributed by atoms with Crippen LogP contribution in [0.2, 0.25) is 0 Å². The van der Waals surface area contributed by atoms with Crippen molar-refractivity contribution in [3.63, 3.8) is 0 Å². The summed E-state index contributed by atoms with van der Waals surface area (Å²) in [5, 5.41) is 10.4. The van der Waals surface area contributed by atoms with Crippen LogP contribution in [0.3, 0.4) is 0 Å². The minimum atomic E-state index is -1.18. The van der Waals surface area contributed by atoms with E-state index >= 15 is 0 Å². The molecular weight excluding hydrogens is 260 g/mol. The van der Waals surface area contributed by atoms with Crippen LogP contribution in [0.1, 0.15) is 17.2 Å². The molecule has 20 heavy (non-hydrogen) atoms. The Hall–Kier alpha value is -2.14. The molecule has 2 rings (SSSR count). The summed E-state index contributed by atoms with van der Waals surface area (Å²) in [6, 6.07) is 7.27. The molecule has 0 heterocycles. The second-order valence-corrected chi connectivity index (χ2v) is 4.53. The molecule has 0 fully saturated rings. The SMILES string of the molecule is COC(=O)C(C(=O)OC)C1C=Cc2ccccc2[C@H]1O. The third-order valence-corrected chi connectivity index (χ3v) is 3.47. The molecule has 1 aliphatic rings. The predicted octanol–water partition coefficient (Wildman–Crippen LogP) is 1.33. The molecule has 2 atom stereocenters. The van der Waals surface area contributed by atoms with Gasteiger partial charge in [-0.3, -0.25) is 9.59 Å². The minimum absolute atomic E-state index is 0.679. The van der Waals surface area contributed by atoms with E-state index in [9.17, 15) is 14.7 Å². The molecule has 1 aliphatic carbocycles. The topological polar surface area (TPSA) is 72.8 Å². The number of rotatable bonds is 3. The van der Waals surface area contributed by atoms with Crippen LogP contribution in [0.15, 0.2) is 30.3 Å². The zero-order valence-electron chi connectivity index (χ0n) is 11.3. The van der Waals surface area contributed by atoms with E-state index in [1.54, 1.807) is 24.3 Å². The lowest BCUT2D eigenvalue weighted by molar-refractivity contribution is -0.162. The van der Waals surface area contributed by atoms with Gasteiger partial charge < -0.3 is 14.6 Å². The Kier molecular flexibility index (Phi) is 4.20. The van der Waals surface area contributed by atoms with Crippen molar-refractivity contribution < 1.29 is 24.2 Å². The highest BCUT2D eigenvalue weighted by atomic mass is 16.5.